The number of amides is 1. The van der Waals surface area contributed by atoms with Gasteiger partial charge in [0.25, 0.3) is 0 Å². The van der Waals surface area contributed by atoms with Crippen molar-refractivity contribution >= 4 is 39.8 Å². The van der Waals surface area contributed by atoms with Crippen LogP contribution in [0.4, 0.5) is 0 Å². The molecule has 0 spiro atoms. The van der Waals surface area contributed by atoms with E-state index in [4.69, 9.17) is 15.2 Å². The van der Waals surface area contributed by atoms with Crippen LogP contribution < -0.4 is 0 Å². The third-order valence-electron chi connectivity index (χ3n) is 5.39. The predicted octanol–water partition coefficient (Wildman–Crippen LogP) is 3.15. The van der Waals surface area contributed by atoms with Gasteiger partial charge in [-0.1, -0.05) is 24.3 Å². The highest BCUT2D eigenvalue weighted by Gasteiger charge is 2.36. The number of hydrogen-bond donors (Lipinski definition) is 3. The van der Waals surface area contributed by atoms with Crippen LogP contribution in [0.15, 0.2) is 46.9 Å². The number of aliphatic hydroxyl groups is 1. The lowest BCUT2D eigenvalue weighted by Crippen LogP contribution is -2.51. The number of piperidine rings is 1. The van der Waals surface area contributed by atoms with E-state index in [0.717, 1.165) is 33.7 Å². The zero-order chi connectivity index (χ0) is 19.0. The first-order valence-corrected chi connectivity index (χ1v) is 9.00. The van der Waals surface area contributed by atoms with E-state index in [9.17, 15) is 9.90 Å². The number of furan rings is 1. The van der Waals surface area contributed by atoms with Crippen LogP contribution in [0.3, 0.4) is 0 Å². The maximum Gasteiger partial charge on any atom is 0.226 e. The molecule has 3 aromatic rings. The summed E-state index contributed by atoms with van der Waals surface area (Å²) in [6.45, 7) is 0.783. The fourth-order valence-corrected chi connectivity index (χ4v) is 3.70. The van der Waals surface area contributed by atoms with Gasteiger partial charge in [0.05, 0.1) is 12.1 Å². The molecule has 3 N–H and O–H groups in total. The second-order valence-corrected chi connectivity index (χ2v) is 7.08. The number of nitrogens with one attached hydrogen (secondary N) is 2. The molecule has 1 fully saturated rings. The highest BCUT2D eigenvalue weighted by atomic mass is 16.3. The summed E-state index contributed by atoms with van der Waals surface area (Å²) in [4.78, 5) is 14.4. The van der Waals surface area contributed by atoms with E-state index in [0.29, 0.717) is 25.9 Å². The molecule has 2 heterocycles. The van der Waals surface area contributed by atoms with Crippen molar-refractivity contribution in [2.45, 2.75) is 24.9 Å². The molecule has 4 rings (SSSR count). The number of carbonyl (C=O) groups excluding carboxylic acids is 1. The molecule has 138 valence electrons. The van der Waals surface area contributed by atoms with Gasteiger partial charge in [-0.25, -0.2) is 0 Å². The highest BCUT2D eigenvalue weighted by Crippen LogP contribution is 2.29. The van der Waals surface area contributed by atoms with Crippen LogP contribution >= 0.6 is 0 Å². The van der Waals surface area contributed by atoms with Crippen molar-refractivity contribution in [2.75, 3.05) is 13.1 Å². The van der Waals surface area contributed by atoms with E-state index < -0.39 is 5.60 Å². The van der Waals surface area contributed by atoms with Crippen LogP contribution in [0.25, 0.3) is 21.9 Å². The predicted molar refractivity (Wildman–Crippen MR) is 105 cm³/mol. The van der Waals surface area contributed by atoms with Gasteiger partial charge in [-0.15, -0.1) is 0 Å². The minimum Gasteiger partial charge on any atom is -0.456 e. The van der Waals surface area contributed by atoms with Gasteiger partial charge in [-0.3, -0.25) is 4.79 Å². The Balaban J connectivity index is 1.49. The Bertz CT molecular complexity index is 1050. The van der Waals surface area contributed by atoms with Gasteiger partial charge in [0.2, 0.25) is 5.91 Å². The molecule has 1 aromatic heterocycles. The standard InChI is InChI=1S/C21H21N3O3/c22-13-19(23)21(26)7-9-24(10-8-21)20(25)12-14-5-6-18-16(11-14)15-3-1-2-4-17(15)27-18/h1-6,11,13,22-23,26H,7-10,12H2. The summed E-state index contributed by atoms with van der Waals surface area (Å²) >= 11 is 0. The summed E-state index contributed by atoms with van der Waals surface area (Å²) in [5.41, 5.74) is 1.19. The lowest BCUT2D eigenvalue weighted by molar-refractivity contribution is -0.133. The number of benzene rings is 2. The second-order valence-electron chi connectivity index (χ2n) is 7.08. The molecule has 6 nitrogen and oxygen atoms in total. The molecule has 0 unspecified atom stereocenters. The quantitative estimate of drug-likeness (QED) is 0.621. The van der Waals surface area contributed by atoms with Crippen molar-refractivity contribution in [1.29, 1.82) is 10.8 Å². The van der Waals surface area contributed by atoms with E-state index in [1.54, 1.807) is 4.90 Å². The largest absolute Gasteiger partial charge is 0.456 e. The Kier molecular flexibility index (Phi) is 4.28. The Morgan fingerprint density at radius 3 is 2.59 bits per heavy atom. The monoisotopic (exact) mass is 363 g/mol. The average molecular weight is 363 g/mol. The molecule has 1 saturated heterocycles. The molecule has 0 radical (unpaired) electrons. The number of rotatable bonds is 4. The first-order chi connectivity index (χ1) is 13.0. The molecule has 1 aliphatic rings. The van der Waals surface area contributed by atoms with Crippen molar-refractivity contribution in [3.63, 3.8) is 0 Å². The van der Waals surface area contributed by atoms with Crippen LogP contribution in [-0.2, 0) is 11.2 Å². The fraction of sp³-hybridized carbons (Fsp3) is 0.286. The number of fused-ring (bicyclic) bond motifs is 3. The third-order valence-corrected chi connectivity index (χ3v) is 5.39. The topological polar surface area (TPSA) is 101 Å². The zero-order valence-corrected chi connectivity index (χ0v) is 14.9. The molecule has 0 atom stereocenters. The molecule has 0 bridgehead atoms. The number of para-hydroxylation sites is 1. The van der Waals surface area contributed by atoms with Crippen LogP contribution in [0.5, 0.6) is 0 Å². The van der Waals surface area contributed by atoms with Gasteiger partial charge >= 0.3 is 0 Å². The van der Waals surface area contributed by atoms with E-state index in [2.05, 4.69) is 0 Å². The van der Waals surface area contributed by atoms with E-state index in [-0.39, 0.29) is 18.0 Å². The molecular formula is C21H21N3O3. The van der Waals surface area contributed by atoms with Gasteiger partial charge in [0.1, 0.15) is 16.8 Å². The fourth-order valence-electron chi connectivity index (χ4n) is 3.70. The maximum absolute atomic E-state index is 12.7. The van der Waals surface area contributed by atoms with Gasteiger partial charge in [0, 0.05) is 30.1 Å². The Labute approximate surface area is 156 Å². The summed E-state index contributed by atoms with van der Waals surface area (Å²) in [7, 11) is 0. The summed E-state index contributed by atoms with van der Waals surface area (Å²) < 4.78 is 5.82. The first-order valence-electron chi connectivity index (χ1n) is 9.00. The van der Waals surface area contributed by atoms with Crippen molar-refractivity contribution in [3.05, 3.63) is 48.0 Å². The molecule has 27 heavy (non-hydrogen) atoms. The molecule has 1 aliphatic heterocycles. The van der Waals surface area contributed by atoms with Crippen LogP contribution in [0.2, 0.25) is 0 Å². The average Bonchev–Trinajstić information content (AvgIpc) is 3.06. The number of nitrogens with zero attached hydrogens (tertiary/aromatic N) is 1. The normalized spacial score (nSPS) is 16.6. The maximum atomic E-state index is 12.7. The molecule has 0 saturated carbocycles. The van der Waals surface area contributed by atoms with E-state index in [1.807, 2.05) is 42.5 Å². The molecule has 0 aliphatic carbocycles. The summed E-state index contributed by atoms with van der Waals surface area (Å²) in [6, 6.07) is 13.7. The Hall–Kier alpha value is -2.99. The lowest BCUT2D eigenvalue weighted by atomic mass is 9.87. The minimum absolute atomic E-state index is 0.00517. The second kappa shape index (κ2) is 6.63. The lowest BCUT2D eigenvalue weighted by Gasteiger charge is -2.37. The number of likely N-dealkylation sites (tertiary alicyclic amines) is 1. The van der Waals surface area contributed by atoms with Crippen molar-refractivity contribution in [1.82, 2.24) is 4.90 Å². The first kappa shape index (κ1) is 17.4. The van der Waals surface area contributed by atoms with Crippen LogP contribution in [0.1, 0.15) is 18.4 Å². The van der Waals surface area contributed by atoms with Gasteiger partial charge in [0.15, 0.2) is 0 Å². The van der Waals surface area contributed by atoms with Crippen molar-refractivity contribution in [2.24, 2.45) is 0 Å². The van der Waals surface area contributed by atoms with E-state index in [1.165, 1.54) is 0 Å². The Morgan fingerprint density at radius 1 is 1.15 bits per heavy atom. The summed E-state index contributed by atoms with van der Waals surface area (Å²) in [5, 5.41) is 27.3. The molecule has 2 aromatic carbocycles. The van der Waals surface area contributed by atoms with Crippen molar-refractivity contribution in [3.8, 4) is 0 Å². The minimum atomic E-state index is -1.28. The third kappa shape index (κ3) is 3.13. The SMILES string of the molecule is N=CC(=N)C1(O)CCN(C(=O)Cc2ccc3oc4ccccc4c3c2)CC1. The Morgan fingerprint density at radius 2 is 1.85 bits per heavy atom. The number of carbonyl (C=O) groups is 1. The van der Waals surface area contributed by atoms with Crippen molar-refractivity contribution < 1.29 is 14.3 Å². The molecule has 1 amide bonds. The van der Waals surface area contributed by atoms with Crippen LogP contribution in [-0.4, -0.2) is 46.5 Å². The van der Waals surface area contributed by atoms with Gasteiger partial charge in [-0.05, 0) is 36.6 Å². The number of hydrogen-bond acceptors (Lipinski definition) is 5. The smallest absolute Gasteiger partial charge is 0.226 e. The summed E-state index contributed by atoms with van der Waals surface area (Å²) in [6.07, 6.45) is 1.74. The molecule has 6 heteroatoms. The zero-order valence-electron chi connectivity index (χ0n) is 14.9. The summed E-state index contributed by atoms with van der Waals surface area (Å²) in [5.74, 6) is 0.00517. The molecular weight excluding hydrogens is 342 g/mol. The van der Waals surface area contributed by atoms with Gasteiger partial charge < -0.3 is 25.2 Å². The van der Waals surface area contributed by atoms with Crippen LogP contribution in [0, 0.1) is 10.8 Å². The van der Waals surface area contributed by atoms with Gasteiger partial charge in [-0.2, -0.15) is 0 Å². The van der Waals surface area contributed by atoms with E-state index >= 15 is 0 Å². The highest BCUT2D eigenvalue weighted by molar-refractivity contribution is 6.31.